The van der Waals surface area contributed by atoms with Crippen molar-refractivity contribution in [2.45, 2.75) is 11.0 Å². The number of aromatic nitrogens is 5. The van der Waals surface area contributed by atoms with Crippen LogP contribution < -0.4 is 11.1 Å². The topological polar surface area (TPSA) is 116 Å². The minimum absolute atomic E-state index is 0.0787. The Morgan fingerprint density at radius 1 is 1.11 bits per heavy atom. The van der Waals surface area contributed by atoms with E-state index < -0.39 is 0 Å². The molecule has 0 atom stereocenters. The van der Waals surface area contributed by atoms with Crippen molar-refractivity contribution in [1.82, 2.24) is 25.1 Å². The highest BCUT2D eigenvalue weighted by Gasteiger charge is 2.12. The standard InChI is InChI=1S/C16H12FN7OS2/c17-9-3-5-10(6-4-9)19-15-21-12(20-14(18)22-15)8-27-16-24-23-13(25-16)11-2-1-7-26-11/h1-7H,8H2,(H3,18,19,20,21,22). The van der Waals surface area contributed by atoms with Crippen LogP contribution in [0, 0.1) is 5.82 Å². The minimum atomic E-state index is -0.325. The summed E-state index contributed by atoms with van der Waals surface area (Å²) in [4.78, 5) is 13.4. The Bertz CT molecular complexity index is 1040. The molecule has 8 nitrogen and oxygen atoms in total. The summed E-state index contributed by atoms with van der Waals surface area (Å²) in [6.07, 6.45) is 0. The number of thiophene rings is 1. The largest absolute Gasteiger partial charge is 0.410 e. The van der Waals surface area contributed by atoms with E-state index in [4.69, 9.17) is 10.2 Å². The van der Waals surface area contributed by atoms with Crippen molar-refractivity contribution in [3.63, 3.8) is 0 Å². The van der Waals surface area contributed by atoms with Crippen molar-refractivity contribution < 1.29 is 8.81 Å². The summed E-state index contributed by atoms with van der Waals surface area (Å²) in [7, 11) is 0. The molecule has 0 amide bonds. The van der Waals surface area contributed by atoms with Crippen LogP contribution in [0.2, 0.25) is 0 Å². The number of halogens is 1. The van der Waals surface area contributed by atoms with Gasteiger partial charge in [-0.25, -0.2) is 4.39 Å². The molecule has 3 aromatic heterocycles. The van der Waals surface area contributed by atoms with E-state index in [1.165, 1.54) is 35.2 Å². The molecule has 0 saturated carbocycles. The van der Waals surface area contributed by atoms with E-state index in [2.05, 4.69) is 30.5 Å². The lowest BCUT2D eigenvalue weighted by molar-refractivity contribution is 0.466. The Hall–Kier alpha value is -3.05. The van der Waals surface area contributed by atoms with Crippen LogP contribution in [0.15, 0.2) is 51.4 Å². The Morgan fingerprint density at radius 3 is 2.74 bits per heavy atom. The monoisotopic (exact) mass is 401 g/mol. The van der Waals surface area contributed by atoms with E-state index in [0.717, 1.165) is 4.88 Å². The first-order valence-corrected chi connectivity index (χ1v) is 9.55. The highest BCUT2D eigenvalue weighted by molar-refractivity contribution is 7.98. The Morgan fingerprint density at radius 2 is 1.96 bits per heavy atom. The van der Waals surface area contributed by atoms with Crippen LogP contribution in [0.5, 0.6) is 0 Å². The summed E-state index contributed by atoms with van der Waals surface area (Å²) in [5.41, 5.74) is 6.39. The van der Waals surface area contributed by atoms with Gasteiger partial charge in [0.05, 0.1) is 10.6 Å². The molecule has 4 aromatic rings. The van der Waals surface area contributed by atoms with Crippen molar-refractivity contribution in [3.05, 3.63) is 53.4 Å². The van der Waals surface area contributed by atoms with Gasteiger partial charge in [-0.15, -0.1) is 21.5 Å². The molecular formula is C16H12FN7OS2. The molecule has 27 heavy (non-hydrogen) atoms. The Kier molecular flexibility index (Phi) is 4.94. The van der Waals surface area contributed by atoms with Gasteiger partial charge in [0, 0.05) is 5.69 Å². The van der Waals surface area contributed by atoms with E-state index >= 15 is 0 Å². The number of benzene rings is 1. The number of nitrogen functional groups attached to an aromatic ring is 1. The zero-order valence-corrected chi connectivity index (χ0v) is 15.3. The zero-order valence-electron chi connectivity index (χ0n) is 13.7. The van der Waals surface area contributed by atoms with Gasteiger partial charge in [0.1, 0.15) is 11.6 Å². The molecule has 4 rings (SSSR count). The first-order chi connectivity index (χ1) is 13.2. The van der Waals surface area contributed by atoms with Crippen molar-refractivity contribution >= 4 is 40.7 Å². The number of hydrogen-bond acceptors (Lipinski definition) is 10. The van der Waals surface area contributed by atoms with Crippen molar-refractivity contribution in [1.29, 1.82) is 0 Å². The van der Waals surface area contributed by atoms with Gasteiger partial charge in [-0.05, 0) is 35.7 Å². The first kappa shape index (κ1) is 17.4. The minimum Gasteiger partial charge on any atom is -0.410 e. The molecule has 11 heteroatoms. The van der Waals surface area contributed by atoms with Gasteiger partial charge >= 0.3 is 0 Å². The van der Waals surface area contributed by atoms with Crippen LogP contribution in [-0.4, -0.2) is 25.1 Å². The molecule has 3 heterocycles. The fraction of sp³-hybridized carbons (Fsp3) is 0.0625. The fourth-order valence-corrected chi connectivity index (χ4v) is 3.38. The number of nitrogens with one attached hydrogen (secondary N) is 1. The second kappa shape index (κ2) is 7.68. The quantitative estimate of drug-likeness (QED) is 0.466. The molecule has 0 saturated heterocycles. The Balaban J connectivity index is 1.44. The van der Waals surface area contributed by atoms with E-state index in [-0.39, 0.29) is 17.7 Å². The van der Waals surface area contributed by atoms with Crippen LogP contribution in [0.25, 0.3) is 10.8 Å². The number of anilines is 3. The zero-order chi connectivity index (χ0) is 18.6. The van der Waals surface area contributed by atoms with Crippen molar-refractivity contribution in [2.75, 3.05) is 11.1 Å². The summed E-state index contributed by atoms with van der Waals surface area (Å²) in [6, 6.07) is 9.66. The predicted molar refractivity (Wildman–Crippen MR) is 101 cm³/mol. The van der Waals surface area contributed by atoms with Crippen molar-refractivity contribution in [2.24, 2.45) is 0 Å². The summed E-state index contributed by atoms with van der Waals surface area (Å²) in [5.74, 6) is 1.32. The maximum Gasteiger partial charge on any atom is 0.277 e. The van der Waals surface area contributed by atoms with Gasteiger partial charge in [-0.2, -0.15) is 15.0 Å². The molecule has 0 fully saturated rings. The van der Waals surface area contributed by atoms with Gasteiger partial charge in [0.2, 0.25) is 11.9 Å². The number of thioether (sulfide) groups is 1. The number of rotatable bonds is 6. The third-order valence-corrected chi connectivity index (χ3v) is 4.93. The molecule has 3 N–H and O–H groups in total. The average molecular weight is 401 g/mol. The lowest BCUT2D eigenvalue weighted by atomic mass is 10.3. The lowest BCUT2D eigenvalue weighted by Gasteiger charge is -2.06. The predicted octanol–water partition coefficient (Wildman–Crippen LogP) is 3.74. The fourth-order valence-electron chi connectivity index (χ4n) is 2.11. The molecule has 136 valence electrons. The molecule has 0 aliphatic carbocycles. The molecule has 0 aliphatic rings. The Labute approximate surface area is 161 Å². The number of nitrogens with zero attached hydrogens (tertiary/aromatic N) is 5. The molecule has 0 unspecified atom stereocenters. The van der Waals surface area contributed by atoms with Crippen molar-refractivity contribution in [3.8, 4) is 10.8 Å². The third kappa shape index (κ3) is 4.38. The van der Waals surface area contributed by atoms with Crippen LogP contribution in [0.3, 0.4) is 0 Å². The van der Waals surface area contributed by atoms with E-state index in [1.54, 1.807) is 12.1 Å². The number of nitrogens with two attached hydrogens (primary N) is 1. The highest BCUT2D eigenvalue weighted by atomic mass is 32.2. The maximum absolute atomic E-state index is 13.0. The van der Waals surface area contributed by atoms with E-state index in [9.17, 15) is 4.39 Å². The van der Waals surface area contributed by atoms with Crippen LogP contribution in [0.4, 0.5) is 22.0 Å². The second-order valence-electron chi connectivity index (χ2n) is 5.20. The lowest BCUT2D eigenvalue weighted by Crippen LogP contribution is -2.06. The SMILES string of the molecule is Nc1nc(CSc2nnc(-c3cccs3)o2)nc(Nc2ccc(F)cc2)n1. The highest BCUT2D eigenvalue weighted by Crippen LogP contribution is 2.27. The van der Waals surface area contributed by atoms with Crippen LogP contribution in [-0.2, 0) is 5.75 Å². The van der Waals surface area contributed by atoms with Crippen LogP contribution in [0.1, 0.15) is 5.82 Å². The number of hydrogen-bond donors (Lipinski definition) is 2. The average Bonchev–Trinajstić information content (AvgIpc) is 3.33. The molecule has 0 aliphatic heterocycles. The van der Waals surface area contributed by atoms with E-state index in [0.29, 0.717) is 28.4 Å². The molecular weight excluding hydrogens is 389 g/mol. The maximum atomic E-state index is 13.0. The second-order valence-corrected chi connectivity index (χ2v) is 7.08. The normalized spacial score (nSPS) is 10.9. The molecule has 0 radical (unpaired) electrons. The summed E-state index contributed by atoms with van der Waals surface area (Å²) >= 11 is 2.82. The van der Waals surface area contributed by atoms with Gasteiger partial charge < -0.3 is 15.5 Å². The van der Waals surface area contributed by atoms with Gasteiger partial charge in [0.15, 0.2) is 0 Å². The van der Waals surface area contributed by atoms with Gasteiger partial charge in [-0.3, -0.25) is 0 Å². The molecule has 0 spiro atoms. The van der Waals surface area contributed by atoms with Gasteiger partial charge in [0.25, 0.3) is 11.1 Å². The first-order valence-electron chi connectivity index (χ1n) is 7.69. The molecule has 1 aromatic carbocycles. The van der Waals surface area contributed by atoms with Crippen LogP contribution >= 0.6 is 23.1 Å². The van der Waals surface area contributed by atoms with Gasteiger partial charge in [-0.1, -0.05) is 17.8 Å². The summed E-state index contributed by atoms with van der Waals surface area (Å²) in [6.45, 7) is 0. The van der Waals surface area contributed by atoms with E-state index in [1.807, 2.05) is 17.5 Å². The third-order valence-electron chi connectivity index (χ3n) is 3.26. The summed E-state index contributed by atoms with van der Waals surface area (Å²) in [5, 5.41) is 13.3. The smallest absolute Gasteiger partial charge is 0.277 e. The summed E-state index contributed by atoms with van der Waals surface area (Å²) < 4.78 is 18.6. The molecule has 0 bridgehead atoms.